The van der Waals surface area contributed by atoms with Crippen LogP contribution in [0.15, 0.2) is 47.3 Å². The maximum Gasteiger partial charge on any atom is 0.416 e. The van der Waals surface area contributed by atoms with E-state index in [1.165, 1.54) is 10.6 Å². The van der Waals surface area contributed by atoms with E-state index in [1.54, 1.807) is 36.1 Å². The minimum atomic E-state index is -4.53. The van der Waals surface area contributed by atoms with Crippen molar-refractivity contribution in [1.82, 2.24) is 9.55 Å². The molecule has 0 amide bonds. The highest BCUT2D eigenvalue weighted by Crippen LogP contribution is 2.36. The average molecular weight is 389 g/mol. The van der Waals surface area contributed by atoms with Crippen LogP contribution in [0.2, 0.25) is 0 Å². The molecule has 0 aliphatic carbocycles. The quantitative estimate of drug-likeness (QED) is 0.747. The maximum atomic E-state index is 13.3. The second-order valence-corrected chi connectivity index (χ2v) is 6.89. The fourth-order valence-corrected chi connectivity index (χ4v) is 3.56. The monoisotopic (exact) mass is 389 g/mol. The fraction of sp³-hybridized carbons (Fsp3) is 0.300. The third-order valence-corrected chi connectivity index (χ3v) is 5.18. The minimum Gasteiger partial charge on any atom is -0.394 e. The normalized spacial score (nSPS) is 17.0. The lowest BCUT2D eigenvalue weighted by atomic mass is 10.0. The van der Waals surface area contributed by atoms with Gasteiger partial charge in [0.05, 0.1) is 29.4 Å². The Morgan fingerprint density at radius 1 is 1.21 bits per heavy atom. The van der Waals surface area contributed by atoms with Crippen molar-refractivity contribution in [2.45, 2.75) is 25.6 Å². The van der Waals surface area contributed by atoms with Gasteiger partial charge in [-0.1, -0.05) is 18.2 Å². The maximum absolute atomic E-state index is 13.3. The Morgan fingerprint density at radius 2 is 1.96 bits per heavy atom. The van der Waals surface area contributed by atoms with Gasteiger partial charge in [-0.25, -0.2) is 4.79 Å². The molecular weight excluding hydrogens is 371 g/mol. The molecule has 0 saturated carbocycles. The van der Waals surface area contributed by atoms with Crippen LogP contribution in [0.3, 0.4) is 0 Å². The van der Waals surface area contributed by atoms with E-state index >= 15 is 0 Å². The molecule has 1 fully saturated rings. The molecular formula is C20H18F3N3O2. The van der Waals surface area contributed by atoms with Gasteiger partial charge in [-0.2, -0.15) is 18.2 Å². The van der Waals surface area contributed by atoms with Crippen molar-refractivity contribution >= 4 is 16.7 Å². The number of benzene rings is 2. The van der Waals surface area contributed by atoms with Crippen molar-refractivity contribution in [2.75, 3.05) is 18.1 Å². The van der Waals surface area contributed by atoms with Gasteiger partial charge >= 0.3 is 11.9 Å². The van der Waals surface area contributed by atoms with Gasteiger partial charge in [0.15, 0.2) is 0 Å². The summed E-state index contributed by atoms with van der Waals surface area (Å²) in [6.45, 7) is 2.26. The first kappa shape index (κ1) is 18.5. The van der Waals surface area contributed by atoms with Crippen LogP contribution in [-0.2, 0) is 6.18 Å². The molecule has 8 heteroatoms. The number of anilines is 1. The highest BCUT2D eigenvalue weighted by atomic mass is 19.4. The second-order valence-electron chi connectivity index (χ2n) is 6.89. The lowest BCUT2D eigenvalue weighted by molar-refractivity contribution is -0.137. The summed E-state index contributed by atoms with van der Waals surface area (Å²) in [5.74, 6) is 0.309. The first-order chi connectivity index (χ1) is 13.3. The highest BCUT2D eigenvalue weighted by molar-refractivity contribution is 5.92. The van der Waals surface area contributed by atoms with Gasteiger partial charge in [0, 0.05) is 11.9 Å². The fourth-order valence-electron chi connectivity index (χ4n) is 3.56. The number of aliphatic hydroxyl groups is 1. The Morgan fingerprint density at radius 3 is 2.57 bits per heavy atom. The zero-order valence-electron chi connectivity index (χ0n) is 15.1. The average Bonchev–Trinajstić information content (AvgIpc) is 2.61. The van der Waals surface area contributed by atoms with Gasteiger partial charge in [0.1, 0.15) is 5.82 Å². The summed E-state index contributed by atoms with van der Waals surface area (Å²) in [6.07, 6.45) is -3.80. The molecule has 28 heavy (non-hydrogen) atoms. The molecule has 1 aromatic heterocycles. The number of para-hydroxylation sites is 1. The number of fused-ring (bicyclic) bond motifs is 1. The molecule has 0 unspecified atom stereocenters. The number of hydrogen-bond donors (Lipinski definition) is 1. The van der Waals surface area contributed by atoms with Crippen molar-refractivity contribution in [3.63, 3.8) is 0 Å². The number of aryl methyl sites for hydroxylation is 1. The predicted octanol–water partition coefficient (Wildman–Crippen LogP) is 3.28. The number of aromatic nitrogens is 2. The standard InChI is InChI=1S/C20H18F3N3O2/c1-12-4-2-3-5-16(12)26-17-10-13(20(21,22)23)6-7-15(17)18(24-19(26)28)25-9-8-14(25)11-27/h2-7,10,14,27H,8-9,11H2,1H3/t14-/m1/s1. The van der Waals surface area contributed by atoms with Gasteiger partial charge in [0.25, 0.3) is 0 Å². The summed E-state index contributed by atoms with van der Waals surface area (Å²) in [5, 5.41) is 9.92. The van der Waals surface area contributed by atoms with Crippen LogP contribution in [0.25, 0.3) is 16.6 Å². The summed E-state index contributed by atoms with van der Waals surface area (Å²) in [5.41, 5.74) is -0.114. The molecule has 0 radical (unpaired) electrons. The second kappa shape index (κ2) is 6.63. The number of nitrogens with zero attached hydrogens (tertiary/aromatic N) is 3. The number of rotatable bonds is 3. The minimum absolute atomic E-state index is 0.106. The van der Waals surface area contributed by atoms with Crippen molar-refractivity contribution in [1.29, 1.82) is 0 Å². The van der Waals surface area contributed by atoms with Crippen LogP contribution >= 0.6 is 0 Å². The van der Waals surface area contributed by atoms with E-state index in [4.69, 9.17) is 0 Å². The summed E-state index contributed by atoms with van der Waals surface area (Å²) < 4.78 is 41.2. The Kier molecular flexibility index (Phi) is 4.38. The SMILES string of the molecule is Cc1ccccc1-n1c(=O)nc(N2CC[C@@H]2CO)c2ccc(C(F)(F)F)cc21. The van der Waals surface area contributed by atoms with Crippen molar-refractivity contribution < 1.29 is 18.3 Å². The molecule has 1 N–H and O–H groups in total. The molecule has 0 bridgehead atoms. The van der Waals surface area contributed by atoms with E-state index in [0.29, 0.717) is 23.4 Å². The first-order valence-electron chi connectivity index (χ1n) is 8.89. The van der Waals surface area contributed by atoms with E-state index in [2.05, 4.69) is 4.98 Å². The smallest absolute Gasteiger partial charge is 0.394 e. The van der Waals surface area contributed by atoms with E-state index in [0.717, 1.165) is 24.1 Å². The molecule has 2 heterocycles. The molecule has 1 aliphatic heterocycles. The Bertz CT molecular complexity index is 1110. The third-order valence-electron chi connectivity index (χ3n) is 5.18. The van der Waals surface area contributed by atoms with E-state index in [1.807, 2.05) is 0 Å². The summed E-state index contributed by atoms with van der Waals surface area (Å²) in [6, 6.07) is 10.1. The zero-order chi connectivity index (χ0) is 20.1. The molecule has 2 aromatic carbocycles. The van der Waals surface area contributed by atoms with Crippen molar-refractivity contribution in [2.24, 2.45) is 0 Å². The molecule has 1 aliphatic rings. The van der Waals surface area contributed by atoms with Gasteiger partial charge in [-0.15, -0.1) is 0 Å². The highest BCUT2D eigenvalue weighted by Gasteiger charge is 2.33. The molecule has 3 aromatic rings. The summed E-state index contributed by atoms with van der Waals surface area (Å²) in [7, 11) is 0. The van der Waals surface area contributed by atoms with Gasteiger partial charge in [-0.3, -0.25) is 4.57 Å². The molecule has 5 nitrogen and oxygen atoms in total. The first-order valence-corrected chi connectivity index (χ1v) is 8.89. The topological polar surface area (TPSA) is 58.4 Å². The van der Waals surface area contributed by atoms with Crippen LogP contribution in [0, 0.1) is 6.92 Å². The summed E-state index contributed by atoms with van der Waals surface area (Å²) >= 11 is 0. The molecule has 1 saturated heterocycles. The largest absolute Gasteiger partial charge is 0.416 e. The van der Waals surface area contributed by atoms with E-state index in [-0.39, 0.29) is 18.2 Å². The van der Waals surface area contributed by atoms with E-state index < -0.39 is 17.4 Å². The molecule has 1 atom stereocenters. The Balaban J connectivity index is 2.05. The van der Waals surface area contributed by atoms with Gasteiger partial charge < -0.3 is 10.0 Å². The predicted molar refractivity (Wildman–Crippen MR) is 99.9 cm³/mol. The number of aliphatic hydroxyl groups excluding tert-OH is 1. The van der Waals surface area contributed by atoms with Crippen LogP contribution in [-0.4, -0.2) is 33.9 Å². The Labute approximate surface area is 158 Å². The number of halogens is 3. The summed E-state index contributed by atoms with van der Waals surface area (Å²) in [4.78, 5) is 18.8. The number of hydrogen-bond acceptors (Lipinski definition) is 4. The Hall–Kier alpha value is -2.87. The third kappa shape index (κ3) is 2.93. The zero-order valence-corrected chi connectivity index (χ0v) is 15.1. The van der Waals surface area contributed by atoms with Crippen LogP contribution in [0.1, 0.15) is 17.5 Å². The lowest BCUT2D eigenvalue weighted by Crippen LogP contribution is -2.51. The lowest BCUT2D eigenvalue weighted by Gasteiger charge is -2.41. The van der Waals surface area contributed by atoms with Gasteiger partial charge in [-0.05, 0) is 43.2 Å². The number of alkyl halides is 3. The molecule has 146 valence electrons. The van der Waals surface area contributed by atoms with Crippen molar-refractivity contribution in [3.8, 4) is 5.69 Å². The van der Waals surface area contributed by atoms with Crippen LogP contribution in [0.4, 0.5) is 19.0 Å². The molecule has 0 spiro atoms. The van der Waals surface area contributed by atoms with Crippen LogP contribution in [0.5, 0.6) is 0 Å². The molecule has 4 rings (SSSR count). The van der Waals surface area contributed by atoms with Crippen LogP contribution < -0.4 is 10.6 Å². The van der Waals surface area contributed by atoms with Gasteiger partial charge in [0.2, 0.25) is 0 Å². The van der Waals surface area contributed by atoms with E-state index in [9.17, 15) is 23.1 Å². The van der Waals surface area contributed by atoms with Crippen molar-refractivity contribution in [3.05, 3.63) is 64.1 Å².